The largest absolute Gasteiger partial charge is 0.341 e. The average molecular weight is 385 g/mol. The molecule has 0 aliphatic carbocycles. The zero-order chi connectivity index (χ0) is 19.1. The quantitative estimate of drug-likeness (QED) is 0.706. The summed E-state index contributed by atoms with van der Waals surface area (Å²) in [5.41, 5.74) is 1.91. The van der Waals surface area contributed by atoms with Gasteiger partial charge in [0.05, 0.1) is 0 Å². The highest BCUT2D eigenvalue weighted by atomic mass is 35.5. The summed E-state index contributed by atoms with van der Waals surface area (Å²) in [4.78, 5) is 29.0. The van der Waals surface area contributed by atoms with Gasteiger partial charge in [0, 0.05) is 56.2 Å². The van der Waals surface area contributed by atoms with Gasteiger partial charge >= 0.3 is 0 Å². The summed E-state index contributed by atoms with van der Waals surface area (Å²) in [6, 6.07) is 17.1. The van der Waals surface area contributed by atoms with Crippen LogP contribution in [-0.4, -0.2) is 47.7 Å². The van der Waals surface area contributed by atoms with Gasteiger partial charge in [-0.05, 0) is 24.1 Å². The molecular weight excluding hydrogens is 360 g/mol. The van der Waals surface area contributed by atoms with Crippen LogP contribution in [-0.2, 0) is 11.3 Å². The highest BCUT2D eigenvalue weighted by Gasteiger charge is 2.20. The van der Waals surface area contributed by atoms with Crippen LogP contribution >= 0.6 is 11.6 Å². The number of carbonyl (C=O) groups excluding carboxylic acids is 2. The van der Waals surface area contributed by atoms with Crippen molar-refractivity contribution in [3.63, 3.8) is 0 Å². The monoisotopic (exact) mass is 384 g/mol. The van der Waals surface area contributed by atoms with E-state index in [0.29, 0.717) is 12.1 Å². The molecule has 1 fully saturated rings. The van der Waals surface area contributed by atoms with Crippen LogP contribution in [0, 0.1) is 0 Å². The third-order valence-corrected chi connectivity index (χ3v) is 5.17. The third kappa shape index (κ3) is 5.91. The number of hydrogen-bond donors (Lipinski definition) is 0. The molecule has 0 atom stereocenters. The molecule has 5 heteroatoms. The fourth-order valence-electron chi connectivity index (χ4n) is 3.37. The topological polar surface area (TPSA) is 40.6 Å². The van der Waals surface area contributed by atoms with Crippen molar-refractivity contribution < 1.29 is 9.59 Å². The van der Waals surface area contributed by atoms with E-state index in [9.17, 15) is 9.59 Å². The standard InChI is InChI=1S/C22H25ClN2O2/c23-20-9-7-18(8-10-20)17-24-13-4-14-25(16-15-24)22(27)12-11-21(26)19-5-2-1-3-6-19/h1-3,5-10H,4,11-17H2. The number of carbonyl (C=O) groups is 2. The molecule has 4 nitrogen and oxygen atoms in total. The number of hydrogen-bond acceptors (Lipinski definition) is 3. The molecule has 1 amide bonds. The summed E-state index contributed by atoms with van der Waals surface area (Å²) in [6.45, 7) is 4.16. The van der Waals surface area contributed by atoms with Crippen LogP contribution in [0.15, 0.2) is 54.6 Å². The molecule has 0 spiro atoms. The second-order valence-corrected chi connectivity index (χ2v) is 7.36. The van der Waals surface area contributed by atoms with Crippen LogP contribution in [0.1, 0.15) is 35.2 Å². The van der Waals surface area contributed by atoms with Crippen LogP contribution in [0.3, 0.4) is 0 Å². The summed E-state index contributed by atoms with van der Waals surface area (Å²) < 4.78 is 0. The molecule has 3 rings (SSSR count). The van der Waals surface area contributed by atoms with Crippen molar-refractivity contribution in [2.24, 2.45) is 0 Å². The number of benzene rings is 2. The van der Waals surface area contributed by atoms with Crippen LogP contribution < -0.4 is 0 Å². The molecule has 1 aliphatic rings. The van der Waals surface area contributed by atoms with E-state index in [1.54, 1.807) is 12.1 Å². The van der Waals surface area contributed by atoms with Crippen LogP contribution in [0.25, 0.3) is 0 Å². The molecule has 2 aromatic carbocycles. The molecule has 0 aromatic heterocycles. The number of nitrogens with zero attached hydrogens (tertiary/aromatic N) is 2. The van der Waals surface area contributed by atoms with E-state index in [4.69, 9.17) is 11.6 Å². The van der Waals surface area contributed by atoms with Crippen molar-refractivity contribution in [3.05, 3.63) is 70.7 Å². The number of amides is 1. The minimum atomic E-state index is 0.0307. The lowest BCUT2D eigenvalue weighted by molar-refractivity contribution is -0.131. The Morgan fingerprint density at radius 2 is 1.59 bits per heavy atom. The van der Waals surface area contributed by atoms with Crippen LogP contribution in [0.5, 0.6) is 0 Å². The van der Waals surface area contributed by atoms with E-state index in [2.05, 4.69) is 4.90 Å². The first kappa shape index (κ1) is 19.6. The summed E-state index contributed by atoms with van der Waals surface area (Å²) >= 11 is 5.94. The maximum atomic E-state index is 12.5. The molecule has 2 aromatic rings. The van der Waals surface area contributed by atoms with E-state index < -0.39 is 0 Å². The Labute approximate surface area is 165 Å². The van der Waals surface area contributed by atoms with Crippen molar-refractivity contribution in [2.45, 2.75) is 25.8 Å². The summed E-state index contributed by atoms with van der Waals surface area (Å²) in [5, 5.41) is 0.747. The van der Waals surface area contributed by atoms with E-state index in [-0.39, 0.29) is 24.5 Å². The lowest BCUT2D eigenvalue weighted by Crippen LogP contribution is -2.35. The number of ketones is 1. The van der Waals surface area contributed by atoms with E-state index >= 15 is 0 Å². The molecule has 0 radical (unpaired) electrons. The molecule has 1 saturated heterocycles. The molecular formula is C22H25ClN2O2. The molecule has 1 aliphatic heterocycles. The Balaban J connectivity index is 1.46. The van der Waals surface area contributed by atoms with Crippen LogP contribution in [0.4, 0.5) is 0 Å². The fraction of sp³-hybridized carbons (Fsp3) is 0.364. The van der Waals surface area contributed by atoms with Gasteiger partial charge in [0.2, 0.25) is 5.91 Å². The van der Waals surface area contributed by atoms with Gasteiger partial charge in [-0.2, -0.15) is 0 Å². The van der Waals surface area contributed by atoms with Gasteiger partial charge in [-0.25, -0.2) is 0 Å². The van der Waals surface area contributed by atoms with Crippen LogP contribution in [0.2, 0.25) is 5.02 Å². The lowest BCUT2D eigenvalue weighted by Gasteiger charge is -2.22. The molecule has 1 heterocycles. The zero-order valence-electron chi connectivity index (χ0n) is 15.4. The number of halogens is 1. The van der Waals surface area contributed by atoms with Crippen molar-refractivity contribution in [2.75, 3.05) is 26.2 Å². The molecule has 0 saturated carbocycles. The number of rotatable bonds is 6. The fourth-order valence-corrected chi connectivity index (χ4v) is 3.50. The van der Waals surface area contributed by atoms with Gasteiger partial charge in [0.1, 0.15) is 0 Å². The SMILES string of the molecule is O=C(CCC(=O)N1CCCN(Cc2ccc(Cl)cc2)CC1)c1ccccc1. The molecule has 0 unspecified atom stereocenters. The average Bonchev–Trinajstić information content (AvgIpc) is 2.94. The predicted molar refractivity (Wildman–Crippen MR) is 108 cm³/mol. The third-order valence-electron chi connectivity index (χ3n) is 4.92. The molecule has 0 N–H and O–H groups in total. The van der Waals surface area contributed by atoms with Gasteiger partial charge in [0.25, 0.3) is 0 Å². The normalized spacial score (nSPS) is 15.4. The molecule has 142 valence electrons. The zero-order valence-corrected chi connectivity index (χ0v) is 16.2. The van der Waals surface area contributed by atoms with Gasteiger partial charge in [0.15, 0.2) is 5.78 Å². The summed E-state index contributed by atoms with van der Waals surface area (Å²) in [5.74, 6) is 0.107. The van der Waals surface area contributed by atoms with E-state index in [0.717, 1.165) is 37.6 Å². The minimum absolute atomic E-state index is 0.0307. The Bertz CT molecular complexity index is 762. The first-order valence-corrected chi connectivity index (χ1v) is 9.82. The Hall–Kier alpha value is -2.17. The van der Waals surface area contributed by atoms with Gasteiger partial charge < -0.3 is 4.90 Å². The van der Waals surface area contributed by atoms with Gasteiger partial charge in [-0.15, -0.1) is 0 Å². The first-order chi connectivity index (χ1) is 13.1. The smallest absolute Gasteiger partial charge is 0.223 e. The highest BCUT2D eigenvalue weighted by molar-refractivity contribution is 6.30. The maximum Gasteiger partial charge on any atom is 0.223 e. The Morgan fingerprint density at radius 3 is 2.33 bits per heavy atom. The Morgan fingerprint density at radius 1 is 0.852 bits per heavy atom. The lowest BCUT2D eigenvalue weighted by atomic mass is 10.1. The summed E-state index contributed by atoms with van der Waals surface area (Å²) in [7, 11) is 0. The molecule has 27 heavy (non-hydrogen) atoms. The molecule has 0 bridgehead atoms. The second-order valence-electron chi connectivity index (χ2n) is 6.93. The highest BCUT2D eigenvalue weighted by Crippen LogP contribution is 2.14. The van der Waals surface area contributed by atoms with Gasteiger partial charge in [-0.1, -0.05) is 54.1 Å². The first-order valence-electron chi connectivity index (χ1n) is 9.44. The van der Waals surface area contributed by atoms with Crippen molar-refractivity contribution in [3.8, 4) is 0 Å². The predicted octanol–water partition coefficient (Wildman–Crippen LogP) is 4.04. The van der Waals surface area contributed by atoms with Crippen molar-refractivity contribution in [1.29, 1.82) is 0 Å². The minimum Gasteiger partial charge on any atom is -0.341 e. The van der Waals surface area contributed by atoms with Gasteiger partial charge in [-0.3, -0.25) is 14.5 Å². The Kier molecular flexibility index (Phi) is 7.02. The van der Waals surface area contributed by atoms with E-state index in [1.165, 1.54) is 5.56 Å². The maximum absolute atomic E-state index is 12.5. The second kappa shape index (κ2) is 9.67. The summed E-state index contributed by atoms with van der Waals surface area (Å²) in [6.07, 6.45) is 1.50. The van der Waals surface area contributed by atoms with Crippen molar-refractivity contribution >= 4 is 23.3 Å². The number of Topliss-reactive ketones (excluding diaryl/α,β-unsaturated/α-hetero) is 1. The van der Waals surface area contributed by atoms with Crippen molar-refractivity contribution in [1.82, 2.24) is 9.80 Å². The van der Waals surface area contributed by atoms with E-state index in [1.807, 2.05) is 47.4 Å².